The molecule has 0 heterocycles. The van der Waals surface area contributed by atoms with Crippen molar-refractivity contribution in [2.45, 2.75) is 13.3 Å². The van der Waals surface area contributed by atoms with E-state index in [-0.39, 0.29) is 0 Å². The summed E-state index contributed by atoms with van der Waals surface area (Å²) in [7, 11) is 0. The van der Waals surface area contributed by atoms with Crippen molar-refractivity contribution in [2.24, 2.45) is 21.9 Å². The third-order valence-corrected chi connectivity index (χ3v) is 1.67. The molecule has 1 rings (SSSR count). The lowest BCUT2D eigenvalue weighted by atomic mass is 10.0. The van der Waals surface area contributed by atoms with Crippen LogP contribution in [0.3, 0.4) is 0 Å². The highest BCUT2D eigenvalue weighted by molar-refractivity contribution is 6.16. The van der Waals surface area contributed by atoms with Crippen LogP contribution in [0.2, 0.25) is 0 Å². The predicted molar refractivity (Wildman–Crippen MR) is 52.2 cm³/mol. The van der Waals surface area contributed by atoms with Gasteiger partial charge in [-0.1, -0.05) is 19.1 Å². The third-order valence-electron chi connectivity index (χ3n) is 1.67. The molecule has 1 atom stereocenters. The lowest BCUT2D eigenvalue weighted by Gasteiger charge is -2.07. The number of allylic oxidation sites excluding steroid dienone is 3. The van der Waals surface area contributed by atoms with Gasteiger partial charge in [0.15, 0.2) is 0 Å². The van der Waals surface area contributed by atoms with E-state index in [1.54, 1.807) is 6.21 Å². The van der Waals surface area contributed by atoms with Gasteiger partial charge in [-0.2, -0.15) is 5.10 Å². The zero-order valence-corrected chi connectivity index (χ0v) is 7.14. The molecule has 0 aromatic heterocycles. The number of nitrogens with two attached hydrogens (primary N) is 1. The molecule has 3 heteroatoms. The van der Waals surface area contributed by atoms with Crippen molar-refractivity contribution in [3.05, 3.63) is 23.9 Å². The van der Waals surface area contributed by atoms with E-state index < -0.39 is 0 Å². The van der Waals surface area contributed by atoms with Gasteiger partial charge in [-0.25, -0.2) is 0 Å². The SMILES string of the molecule is CC1C=CC(N=CC=NN)=CC1. The standard InChI is InChI=1S/C9H13N3/c1-8-2-4-9(5-3-8)11-6-7-12-10/h2,4-8H,3,10H2,1H3. The molecule has 12 heavy (non-hydrogen) atoms. The van der Waals surface area contributed by atoms with Gasteiger partial charge in [-0.05, 0) is 18.4 Å². The minimum absolute atomic E-state index is 0.632. The molecular formula is C9H13N3. The Balaban J connectivity index is 2.50. The summed E-state index contributed by atoms with van der Waals surface area (Å²) >= 11 is 0. The van der Waals surface area contributed by atoms with Gasteiger partial charge in [0.25, 0.3) is 0 Å². The van der Waals surface area contributed by atoms with Crippen LogP contribution in [0.1, 0.15) is 13.3 Å². The molecule has 0 saturated carbocycles. The monoisotopic (exact) mass is 163 g/mol. The number of hydrazone groups is 1. The van der Waals surface area contributed by atoms with Crippen molar-refractivity contribution >= 4 is 12.4 Å². The first-order valence-electron chi connectivity index (χ1n) is 3.97. The van der Waals surface area contributed by atoms with Crippen molar-refractivity contribution in [1.29, 1.82) is 0 Å². The molecule has 0 saturated heterocycles. The molecule has 0 aromatic carbocycles. The van der Waals surface area contributed by atoms with Gasteiger partial charge < -0.3 is 5.84 Å². The molecule has 0 spiro atoms. The minimum atomic E-state index is 0.632. The van der Waals surface area contributed by atoms with E-state index in [1.165, 1.54) is 6.21 Å². The van der Waals surface area contributed by atoms with Gasteiger partial charge >= 0.3 is 0 Å². The summed E-state index contributed by atoms with van der Waals surface area (Å²) in [6, 6.07) is 0. The van der Waals surface area contributed by atoms with E-state index in [1.807, 2.05) is 6.08 Å². The van der Waals surface area contributed by atoms with E-state index >= 15 is 0 Å². The van der Waals surface area contributed by atoms with Gasteiger partial charge in [-0.3, -0.25) is 4.99 Å². The third kappa shape index (κ3) is 2.70. The molecule has 2 N–H and O–H groups in total. The highest BCUT2D eigenvalue weighted by atomic mass is 15.1. The van der Waals surface area contributed by atoms with Crippen molar-refractivity contribution in [3.63, 3.8) is 0 Å². The fraction of sp³-hybridized carbons (Fsp3) is 0.333. The van der Waals surface area contributed by atoms with Crippen LogP contribution in [0.4, 0.5) is 0 Å². The molecule has 0 bridgehead atoms. The predicted octanol–water partition coefficient (Wildman–Crippen LogP) is 1.48. The fourth-order valence-corrected chi connectivity index (χ4v) is 0.970. The van der Waals surface area contributed by atoms with Crippen LogP contribution >= 0.6 is 0 Å². The average molecular weight is 163 g/mol. The van der Waals surface area contributed by atoms with E-state index in [0.29, 0.717) is 5.92 Å². The van der Waals surface area contributed by atoms with Crippen LogP contribution < -0.4 is 5.84 Å². The van der Waals surface area contributed by atoms with Gasteiger partial charge in [0.1, 0.15) is 0 Å². The molecular weight excluding hydrogens is 150 g/mol. The van der Waals surface area contributed by atoms with Crippen LogP contribution in [-0.2, 0) is 0 Å². The van der Waals surface area contributed by atoms with E-state index in [2.05, 4.69) is 29.2 Å². The zero-order valence-electron chi connectivity index (χ0n) is 7.14. The molecule has 1 aliphatic rings. The molecule has 0 radical (unpaired) electrons. The lowest BCUT2D eigenvalue weighted by molar-refractivity contribution is 0.730. The maximum atomic E-state index is 4.91. The Hall–Kier alpha value is -1.38. The topological polar surface area (TPSA) is 50.7 Å². The first kappa shape index (κ1) is 8.71. The Morgan fingerprint density at radius 1 is 1.58 bits per heavy atom. The first-order valence-corrected chi connectivity index (χ1v) is 3.97. The summed E-state index contributed by atoms with van der Waals surface area (Å²) in [5, 5.41) is 3.31. The molecule has 0 fully saturated rings. The van der Waals surface area contributed by atoms with Crippen molar-refractivity contribution in [3.8, 4) is 0 Å². The Bertz CT molecular complexity index is 248. The number of hydrogen-bond acceptors (Lipinski definition) is 3. The highest BCUT2D eigenvalue weighted by Gasteiger charge is 2.00. The second-order valence-electron chi connectivity index (χ2n) is 2.78. The number of nitrogens with zero attached hydrogens (tertiary/aromatic N) is 2. The molecule has 1 aliphatic carbocycles. The normalized spacial score (nSPS) is 23.8. The van der Waals surface area contributed by atoms with E-state index in [9.17, 15) is 0 Å². The Kier molecular flexibility index (Phi) is 3.26. The summed E-state index contributed by atoms with van der Waals surface area (Å²) < 4.78 is 0. The second-order valence-corrected chi connectivity index (χ2v) is 2.78. The second kappa shape index (κ2) is 4.49. The quantitative estimate of drug-likeness (QED) is 0.374. The molecule has 0 aromatic rings. The number of rotatable bonds is 2. The van der Waals surface area contributed by atoms with Gasteiger partial charge in [0, 0.05) is 6.21 Å². The molecule has 1 unspecified atom stereocenters. The van der Waals surface area contributed by atoms with Crippen molar-refractivity contribution < 1.29 is 0 Å². The molecule has 0 amide bonds. The summed E-state index contributed by atoms with van der Waals surface area (Å²) in [5.74, 6) is 5.54. The smallest absolute Gasteiger partial charge is 0.0648 e. The maximum Gasteiger partial charge on any atom is 0.0648 e. The summed E-state index contributed by atoms with van der Waals surface area (Å²) in [5.41, 5.74) is 0.980. The Morgan fingerprint density at radius 3 is 3.00 bits per heavy atom. The van der Waals surface area contributed by atoms with Crippen LogP contribution in [0.25, 0.3) is 0 Å². The average Bonchev–Trinajstić information content (AvgIpc) is 2.09. The van der Waals surface area contributed by atoms with E-state index in [0.717, 1.165) is 12.1 Å². The number of hydrogen-bond donors (Lipinski definition) is 1. The molecule has 3 nitrogen and oxygen atoms in total. The lowest BCUT2D eigenvalue weighted by Crippen LogP contribution is -1.93. The van der Waals surface area contributed by atoms with Crippen LogP contribution in [0, 0.1) is 5.92 Å². The van der Waals surface area contributed by atoms with Crippen LogP contribution in [0.15, 0.2) is 34.0 Å². The van der Waals surface area contributed by atoms with Gasteiger partial charge in [0.05, 0.1) is 11.9 Å². The highest BCUT2D eigenvalue weighted by Crippen LogP contribution is 2.15. The maximum absolute atomic E-state index is 4.91. The summed E-state index contributed by atoms with van der Waals surface area (Å²) in [6.07, 6.45) is 10.4. The first-order chi connectivity index (χ1) is 5.83. The van der Waals surface area contributed by atoms with Crippen LogP contribution in [0.5, 0.6) is 0 Å². The molecule has 64 valence electrons. The Morgan fingerprint density at radius 2 is 2.42 bits per heavy atom. The van der Waals surface area contributed by atoms with Gasteiger partial charge in [-0.15, -0.1) is 0 Å². The Labute approximate surface area is 72.4 Å². The summed E-state index contributed by atoms with van der Waals surface area (Å²) in [6.45, 7) is 2.18. The molecule has 0 aliphatic heterocycles. The van der Waals surface area contributed by atoms with E-state index in [4.69, 9.17) is 5.84 Å². The summed E-state index contributed by atoms with van der Waals surface area (Å²) in [4.78, 5) is 4.13. The van der Waals surface area contributed by atoms with Crippen molar-refractivity contribution in [2.75, 3.05) is 0 Å². The number of aliphatic imine (C=N–C) groups is 1. The van der Waals surface area contributed by atoms with Gasteiger partial charge in [0.2, 0.25) is 0 Å². The zero-order chi connectivity index (χ0) is 8.81. The minimum Gasteiger partial charge on any atom is -0.323 e. The fourth-order valence-electron chi connectivity index (χ4n) is 0.970. The van der Waals surface area contributed by atoms with Crippen LogP contribution in [-0.4, -0.2) is 12.4 Å². The largest absolute Gasteiger partial charge is 0.323 e. The van der Waals surface area contributed by atoms with Crippen molar-refractivity contribution in [1.82, 2.24) is 0 Å².